The second-order valence-corrected chi connectivity index (χ2v) is 7.05. The zero-order valence-electron chi connectivity index (χ0n) is 13.4. The first kappa shape index (κ1) is 14.1. The summed E-state index contributed by atoms with van der Waals surface area (Å²) in [7, 11) is 2.02. The van der Waals surface area contributed by atoms with Gasteiger partial charge in [0.05, 0.1) is 11.8 Å². The lowest BCUT2D eigenvalue weighted by atomic mass is 9.55. The molecule has 1 aromatic heterocycles. The Bertz CT molecular complexity index is 506. The van der Waals surface area contributed by atoms with Gasteiger partial charge in [-0.2, -0.15) is 5.10 Å². The molecule has 3 unspecified atom stereocenters. The first-order valence-corrected chi connectivity index (χ1v) is 7.77. The van der Waals surface area contributed by atoms with Crippen molar-refractivity contribution in [2.75, 3.05) is 6.61 Å². The van der Waals surface area contributed by atoms with Crippen molar-refractivity contribution < 1.29 is 4.74 Å². The van der Waals surface area contributed by atoms with Gasteiger partial charge in [0.15, 0.2) is 0 Å². The van der Waals surface area contributed by atoms with E-state index in [1.54, 1.807) is 0 Å². The summed E-state index contributed by atoms with van der Waals surface area (Å²) in [5.74, 6) is 0.691. The van der Waals surface area contributed by atoms with Crippen molar-refractivity contribution in [2.24, 2.45) is 18.4 Å². The van der Waals surface area contributed by atoms with E-state index in [-0.39, 0.29) is 5.41 Å². The largest absolute Gasteiger partial charge is 0.377 e. The van der Waals surface area contributed by atoms with Gasteiger partial charge in [-0.15, -0.1) is 0 Å². The van der Waals surface area contributed by atoms with Crippen LogP contribution in [0.15, 0.2) is 0 Å². The summed E-state index contributed by atoms with van der Waals surface area (Å²) >= 11 is 0. The lowest BCUT2D eigenvalue weighted by molar-refractivity contribution is -0.193. The molecule has 1 aliphatic carbocycles. The Morgan fingerprint density at radius 2 is 2.15 bits per heavy atom. The van der Waals surface area contributed by atoms with Crippen molar-refractivity contribution >= 4 is 0 Å². The molecule has 0 radical (unpaired) electrons. The van der Waals surface area contributed by atoms with E-state index in [4.69, 9.17) is 4.74 Å². The van der Waals surface area contributed by atoms with Crippen LogP contribution in [0.2, 0.25) is 0 Å². The minimum absolute atomic E-state index is 0.245. The monoisotopic (exact) mass is 277 g/mol. The van der Waals surface area contributed by atoms with Crippen LogP contribution < -0.4 is 5.32 Å². The Morgan fingerprint density at radius 3 is 2.80 bits per heavy atom. The normalized spacial score (nSPS) is 31.8. The molecule has 1 saturated heterocycles. The van der Waals surface area contributed by atoms with Crippen LogP contribution in [0.4, 0.5) is 0 Å². The molecule has 1 aromatic rings. The Labute approximate surface area is 121 Å². The molecule has 0 amide bonds. The topological polar surface area (TPSA) is 39.1 Å². The van der Waals surface area contributed by atoms with E-state index < -0.39 is 0 Å². The first-order chi connectivity index (χ1) is 9.43. The fraction of sp³-hybridized carbons (Fsp3) is 0.812. The van der Waals surface area contributed by atoms with E-state index in [1.165, 1.54) is 24.1 Å². The van der Waals surface area contributed by atoms with E-state index in [0.29, 0.717) is 18.1 Å². The van der Waals surface area contributed by atoms with Gasteiger partial charge in [-0.25, -0.2) is 0 Å². The van der Waals surface area contributed by atoms with Gasteiger partial charge in [-0.05, 0) is 26.7 Å². The van der Waals surface area contributed by atoms with Gasteiger partial charge in [0.1, 0.15) is 0 Å². The SMILES string of the molecule is Cc1nn(C)c(C)c1CNC1C2CCCOC2C1(C)C. The fourth-order valence-electron chi connectivity index (χ4n) is 4.22. The predicted molar refractivity (Wildman–Crippen MR) is 79.6 cm³/mol. The number of hydrogen-bond donors (Lipinski definition) is 1. The summed E-state index contributed by atoms with van der Waals surface area (Å²) in [5, 5.41) is 8.29. The van der Waals surface area contributed by atoms with Crippen LogP contribution >= 0.6 is 0 Å². The molecular weight excluding hydrogens is 250 g/mol. The molecule has 2 heterocycles. The maximum Gasteiger partial charge on any atom is 0.0684 e. The summed E-state index contributed by atoms with van der Waals surface area (Å²) in [5.41, 5.74) is 4.01. The average Bonchev–Trinajstić information content (AvgIpc) is 2.65. The van der Waals surface area contributed by atoms with E-state index in [9.17, 15) is 0 Å². The van der Waals surface area contributed by atoms with Crippen LogP contribution in [-0.4, -0.2) is 28.5 Å². The molecule has 2 fully saturated rings. The Morgan fingerprint density at radius 1 is 1.40 bits per heavy atom. The molecule has 1 saturated carbocycles. The molecular formula is C16H27N3O. The Hall–Kier alpha value is -0.870. The van der Waals surface area contributed by atoms with Gasteiger partial charge >= 0.3 is 0 Å². The standard InChI is InChI=1S/C16H27N3O/c1-10-13(11(2)19(5)18-10)9-17-14-12-7-6-8-20-15(12)16(14,3)4/h12,14-15,17H,6-9H2,1-5H3. The number of aryl methyl sites for hydroxylation is 2. The Balaban J connectivity index is 1.69. The third kappa shape index (κ3) is 2.01. The van der Waals surface area contributed by atoms with Crippen LogP contribution in [0.5, 0.6) is 0 Å². The van der Waals surface area contributed by atoms with Gasteiger partial charge < -0.3 is 10.1 Å². The fourth-order valence-corrected chi connectivity index (χ4v) is 4.22. The van der Waals surface area contributed by atoms with E-state index in [2.05, 4.69) is 38.1 Å². The molecule has 112 valence electrons. The molecule has 0 spiro atoms. The predicted octanol–water partition coefficient (Wildman–Crippen LogP) is 2.33. The number of rotatable bonds is 3. The maximum absolute atomic E-state index is 5.97. The highest BCUT2D eigenvalue weighted by Crippen LogP contribution is 2.51. The molecule has 4 nitrogen and oxygen atoms in total. The van der Waals surface area contributed by atoms with Gasteiger partial charge in [0, 0.05) is 48.8 Å². The molecule has 1 N–H and O–H groups in total. The second-order valence-electron chi connectivity index (χ2n) is 7.05. The molecule has 0 aromatic carbocycles. The molecule has 3 rings (SSSR count). The molecule has 1 aliphatic heterocycles. The van der Waals surface area contributed by atoms with Crippen LogP contribution in [0.3, 0.4) is 0 Å². The number of ether oxygens (including phenoxy) is 1. The quantitative estimate of drug-likeness (QED) is 0.921. The zero-order valence-corrected chi connectivity index (χ0v) is 13.4. The molecule has 3 atom stereocenters. The van der Waals surface area contributed by atoms with Crippen LogP contribution in [0.25, 0.3) is 0 Å². The van der Waals surface area contributed by atoms with Crippen molar-refractivity contribution in [3.8, 4) is 0 Å². The summed E-state index contributed by atoms with van der Waals surface area (Å²) < 4.78 is 7.95. The van der Waals surface area contributed by atoms with Crippen LogP contribution in [0, 0.1) is 25.2 Å². The highest BCUT2D eigenvalue weighted by Gasteiger charge is 2.57. The summed E-state index contributed by atoms with van der Waals surface area (Å²) in [6.45, 7) is 10.8. The minimum atomic E-state index is 0.245. The third-order valence-corrected chi connectivity index (χ3v) is 5.49. The van der Waals surface area contributed by atoms with Crippen LogP contribution in [0.1, 0.15) is 43.6 Å². The number of nitrogens with one attached hydrogen (secondary N) is 1. The van der Waals surface area contributed by atoms with Crippen molar-refractivity contribution in [2.45, 2.75) is 59.2 Å². The van der Waals surface area contributed by atoms with Crippen molar-refractivity contribution in [1.29, 1.82) is 0 Å². The zero-order chi connectivity index (χ0) is 14.5. The lowest BCUT2D eigenvalue weighted by Gasteiger charge is -2.60. The highest BCUT2D eigenvalue weighted by atomic mass is 16.5. The summed E-state index contributed by atoms with van der Waals surface area (Å²) in [6.07, 6.45) is 2.96. The van der Waals surface area contributed by atoms with Crippen molar-refractivity contribution in [3.05, 3.63) is 17.0 Å². The summed E-state index contributed by atoms with van der Waals surface area (Å²) in [4.78, 5) is 0. The van der Waals surface area contributed by atoms with Gasteiger partial charge in [0.25, 0.3) is 0 Å². The lowest BCUT2D eigenvalue weighted by Crippen LogP contribution is -2.69. The van der Waals surface area contributed by atoms with Crippen LogP contribution in [-0.2, 0) is 18.3 Å². The number of aromatic nitrogens is 2. The Kier molecular flexibility index (Phi) is 3.41. The molecule has 0 bridgehead atoms. The maximum atomic E-state index is 5.97. The first-order valence-electron chi connectivity index (χ1n) is 7.77. The molecule has 4 heteroatoms. The molecule has 2 aliphatic rings. The van der Waals surface area contributed by atoms with E-state index >= 15 is 0 Å². The second kappa shape index (κ2) is 4.85. The van der Waals surface area contributed by atoms with E-state index in [1.807, 2.05) is 11.7 Å². The van der Waals surface area contributed by atoms with Gasteiger partial charge in [-0.1, -0.05) is 13.8 Å². The van der Waals surface area contributed by atoms with Crippen molar-refractivity contribution in [3.63, 3.8) is 0 Å². The summed E-state index contributed by atoms with van der Waals surface area (Å²) in [6, 6.07) is 0.562. The average molecular weight is 277 g/mol. The number of nitrogens with zero attached hydrogens (tertiary/aromatic N) is 2. The number of fused-ring (bicyclic) bond motifs is 1. The minimum Gasteiger partial charge on any atom is -0.377 e. The van der Waals surface area contributed by atoms with E-state index in [0.717, 1.165) is 18.8 Å². The van der Waals surface area contributed by atoms with Crippen molar-refractivity contribution in [1.82, 2.24) is 15.1 Å². The molecule has 20 heavy (non-hydrogen) atoms. The highest BCUT2D eigenvalue weighted by molar-refractivity contribution is 5.24. The van der Waals surface area contributed by atoms with Gasteiger partial charge in [-0.3, -0.25) is 4.68 Å². The third-order valence-electron chi connectivity index (χ3n) is 5.49. The number of hydrogen-bond acceptors (Lipinski definition) is 3. The smallest absolute Gasteiger partial charge is 0.0684 e. The van der Waals surface area contributed by atoms with Gasteiger partial charge in [0.2, 0.25) is 0 Å².